The molecule has 0 amide bonds. The Bertz CT molecular complexity index is 343. The van der Waals surface area contributed by atoms with Crippen LogP contribution in [0.25, 0.3) is 0 Å². The summed E-state index contributed by atoms with van der Waals surface area (Å²) in [6, 6.07) is 0. The van der Waals surface area contributed by atoms with E-state index in [1.54, 1.807) is 12.2 Å². The van der Waals surface area contributed by atoms with Crippen molar-refractivity contribution in [1.82, 2.24) is 0 Å². The van der Waals surface area contributed by atoms with Crippen LogP contribution in [0.1, 0.15) is 0 Å². The molecule has 5 heteroatoms. The van der Waals surface area contributed by atoms with E-state index in [1.165, 1.54) is 14.2 Å². The van der Waals surface area contributed by atoms with Crippen molar-refractivity contribution in [2.45, 2.75) is 12.2 Å². The van der Waals surface area contributed by atoms with Crippen LogP contribution in [0.4, 0.5) is 0 Å². The van der Waals surface area contributed by atoms with E-state index in [-0.39, 0.29) is 23.4 Å². The van der Waals surface area contributed by atoms with E-state index < -0.39 is 11.9 Å². The van der Waals surface area contributed by atoms with Gasteiger partial charge in [-0.2, -0.15) is 0 Å². The molecule has 2 unspecified atom stereocenters. The third kappa shape index (κ3) is 1.66. The first-order valence-electron chi connectivity index (χ1n) is 4.43. The number of epoxide rings is 1. The van der Waals surface area contributed by atoms with Crippen molar-refractivity contribution in [3.8, 4) is 0 Å². The Morgan fingerprint density at radius 1 is 1.07 bits per heavy atom. The Morgan fingerprint density at radius 2 is 1.47 bits per heavy atom. The molecule has 0 aromatic heterocycles. The maximum Gasteiger partial charge on any atom is 0.338 e. The summed E-state index contributed by atoms with van der Waals surface area (Å²) >= 11 is 0. The Morgan fingerprint density at radius 3 is 1.80 bits per heavy atom. The van der Waals surface area contributed by atoms with Crippen LogP contribution in [-0.4, -0.2) is 38.4 Å². The van der Waals surface area contributed by atoms with Crippen molar-refractivity contribution in [1.29, 1.82) is 0 Å². The smallest absolute Gasteiger partial charge is 0.338 e. The number of carbonyl (C=O) groups is 2. The summed E-state index contributed by atoms with van der Waals surface area (Å²) in [6.45, 7) is 0. The van der Waals surface area contributed by atoms with Crippen molar-refractivity contribution in [2.75, 3.05) is 14.2 Å². The molecule has 0 saturated carbocycles. The third-order valence-corrected chi connectivity index (χ3v) is 2.32. The summed E-state index contributed by atoms with van der Waals surface area (Å²) in [5.74, 6) is -1.11. The number of esters is 2. The van der Waals surface area contributed by atoms with Crippen LogP contribution in [0.15, 0.2) is 23.3 Å². The highest BCUT2D eigenvalue weighted by Crippen LogP contribution is 2.34. The molecule has 5 nitrogen and oxygen atoms in total. The summed E-state index contributed by atoms with van der Waals surface area (Å²) in [5.41, 5.74) is 0.422. The van der Waals surface area contributed by atoms with Crippen LogP contribution < -0.4 is 0 Å². The van der Waals surface area contributed by atoms with Crippen LogP contribution >= 0.6 is 0 Å². The van der Waals surface area contributed by atoms with Crippen LogP contribution in [0, 0.1) is 0 Å². The Hall–Kier alpha value is -1.62. The number of rotatable bonds is 2. The Kier molecular flexibility index (Phi) is 2.32. The van der Waals surface area contributed by atoms with Gasteiger partial charge in [0.2, 0.25) is 0 Å². The van der Waals surface area contributed by atoms with Crippen molar-refractivity contribution in [3.63, 3.8) is 0 Å². The summed E-state index contributed by atoms with van der Waals surface area (Å²) in [4.78, 5) is 22.7. The van der Waals surface area contributed by atoms with Crippen molar-refractivity contribution >= 4 is 11.9 Å². The summed E-state index contributed by atoms with van der Waals surface area (Å²) in [7, 11) is 2.52. The molecule has 1 heterocycles. The molecule has 80 valence electrons. The van der Waals surface area contributed by atoms with E-state index in [0.717, 1.165) is 0 Å². The van der Waals surface area contributed by atoms with Crippen molar-refractivity contribution in [3.05, 3.63) is 23.3 Å². The van der Waals surface area contributed by atoms with Gasteiger partial charge in [-0.3, -0.25) is 0 Å². The normalized spacial score (nSPS) is 27.1. The van der Waals surface area contributed by atoms with Gasteiger partial charge in [0.1, 0.15) is 12.2 Å². The lowest BCUT2D eigenvalue weighted by Crippen LogP contribution is -2.18. The molecule has 1 fully saturated rings. The molecular weight excluding hydrogens is 200 g/mol. The number of fused-ring (bicyclic) bond motifs is 1. The molecule has 0 bridgehead atoms. The maximum atomic E-state index is 11.4. The Balaban J connectivity index is 2.30. The Labute approximate surface area is 86.3 Å². The predicted molar refractivity (Wildman–Crippen MR) is 48.9 cm³/mol. The van der Waals surface area contributed by atoms with E-state index in [9.17, 15) is 9.59 Å². The predicted octanol–water partition coefficient (Wildman–Crippen LogP) is -0.0338. The molecule has 0 aromatic carbocycles. The largest absolute Gasteiger partial charge is 0.465 e. The van der Waals surface area contributed by atoms with Gasteiger partial charge in [-0.25, -0.2) is 9.59 Å². The minimum absolute atomic E-state index is 0.104. The van der Waals surface area contributed by atoms with E-state index >= 15 is 0 Å². The number of ether oxygens (including phenoxy) is 3. The molecule has 1 aliphatic carbocycles. The van der Waals surface area contributed by atoms with Crippen LogP contribution in [-0.2, 0) is 23.8 Å². The van der Waals surface area contributed by atoms with Gasteiger partial charge in [0, 0.05) is 0 Å². The molecule has 1 saturated heterocycles. The van der Waals surface area contributed by atoms with Gasteiger partial charge in [-0.15, -0.1) is 0 Å². The minimum Gasteiger partial charge on any atom is -0.465 e. The molecule has 0 N–H and O–H groups in total. The van der Waals surface area contributed by atoms with Gasteiger partial charge in [0.25, 0.3) is 0 Å². The zero-order chi connectivity index (χ0) is 11.0. The third-order valence-electron chi connectivity index (χ3n) is 2.32. The first kappa shape index (κ1) is 9.92. The zero-order valence-electron chi connectivity index (χ0n) is 8.35. The highest BCUT2D eigenvalue weighted by atomic mass is 16.6. The molecule has 1 aliphatic heterocycles. The second-order valence-electron chi connectivity index (χ2n) is 3.21. The van der Waals surface area contributed by atoms with E-state index in [1.807, 2.05) is 0 Å². The summed E-state index contributed by atoms with van der Waals surface area (Å²) in [6.07, 6.45) is 2.96. The average molecular weight is 210 g/mol. The fourth-order valence-electron chi connectivity index (χ4n) is 1.49. The second kappa shape index (κ2) is 3.51. The molecule has 0 radical (unpaired) electrons. The van der Waals surface area contributed by atoms with Gasteiger partial charge in [-0.1, -0.05) is 0 Å². The topological polar surface area (TPSA) is 65.1 Å². The molecular formula is C10H10O5. The number of hydrogen-bond acceptors (Lipinski definition) is 5. The first-order valence-corrected chi connectivity index (χ1v) is 4.43. The second-order valence-corrected chi connectivity index (χ2v) is 3.21. The molecule has 2 atom stereocenters. The highest BCUT2D eigenvalue weighted by molar-refractivity contribution is 6.07. The number of carbonyl (C=O) groups excluding carboxylic acids is 2. The molecule has 0 spiro atoms. The summed E-state index contributed by atoms with van der Waals surface area (Å²) < 4.78 is 14.3. The van der Waals surface area contributed by atoms with Gasteiger partial charge < -0.3 is 14.2 Å². The van der Waals surface area contributed by atoms with E-state index in [4.69, 9.17) is 4.74 Å². The van der Waals surface area contributed by atoms with Gasteiger partial charge in [0.15, 0.2) is 0 Å². The first-order chi connectivity index (χ1) is 7.17. The highest BCUT2D eigenvalue weighted by Gasteiger charge is 2.42. The van der Waals surface area contributed by atoms with Crippen LogP contribution in [0.2, 0.25) is 0 Å². The van der Waals surface area contributed by atoms with Crippen molar-refractivity contribution < 1.29 is 23.8 Å². The molecule has 15 heavy (non-hydrogen) atoms. The lowest BCUT2D eigenvalue weighted by atomic mass is 9.98. The fourth-order valence-corrected chi connectivity index (χ4v) is 1.49. The quantitative estimate of drug-likeness (QED) is 0.473. The van der Waals surface area contributed by atoms with Gasteiger partial charge in [-0.05, 0) is 12.2 Å². The van der Waals surface area contributed by atoms with Crippen LogP contribution in [0.3, 0.4) is 0 Å². The fraction of sp³-hybridized carbons (Fsp3) is 0.400. The molecule has 0 aromatic rings. The van der Waals surface area contributed by atoms with E-state index in [2.05, 4.69) is 9.47 Å². The molecule has 2 aliphatic rings. The maximum absolute atomic E-state index is 11.4. The van der Waals surface area contributed by atoms with Gasteiger partial charge in [0.05, 0.1) is 25.4 Å². The summed E-state index contributed by atoms with van der Waals surface area (Å²) in [5, 5.41) is 0. The lowest BCUT2D eigenvalue weighted by Gasteiger charge is -2.10. The molecule has 2 rings (SSSR count). The zero-order valence-corrected chi connectivity index (χ0v) is 8.35. The number of hydrogen-bond donors (Lipinski definition) is 0. The number of methoxy groups -OCH3 is 2. The van der Waals surface area contributed by atoms with Crippen molar-refractivity contribution in [2.24, 2.45) is 0 Å². The SMILES string of the molecule is COC(=O)C1=CC2OC2C=C1C(=O)OC. The van der Waals surface area contributed by atoms with Crippen LogP contribution in [0.5, 0.6) is 0 Å². The lowest BCUT2D eigenvalue weighted by molar-refractivity contribution is -0.139. The monoisotopic (exact) mass is 210 g/mol. The van der Waals surface area contributed by atoms with Gasteiger partial charge >= 0.3 is 11.9 Å². The van der Waals surface area contributed by atoms with E-state index in [0.29, 0.717) is 0 Å². The average Bonchev–Trinajstić information content (AvgIpc) is 3.03. The standard InChI is InChI=1S/C10H10O5/c1-13-9(11)5-3-7-8(15-7)4-6(5)10(12)14-2/h3-4,7-8H,1-2H3. The minimum atomic E-state index is -0.555.